The molecule has 0 atom stereocenters. The van der Waals surface area contributed by atoms with Gasteiger partial charge in [0.25, 0.3) is 0 Å². The highest BCUT2D eigenvalue weighted by atomic mass is 19.4. The highest BCUT2D eigenvalue weighted by Crippen LogP contribution is 2.54. The zero-order valence-electron chi connectivity index (χ0n) is 25.1. The summed E-state index contributed by atoms with van der Waals surface area (Å²) in [6.07, 6.45) is 0.140. The van der Waals surface area contributed by atoms with Gasteiger partial charge in [-0.25, -0.2) is 4.39 Å². The molecule has 3 heterocycles. The summed E-state index contributed by atoms with van der Waals surface area (Å²) in [4.78, 5) is 23.0. The van der Waals surface area contributed by atoms with Crippen LogP contribution in [-0.4, -0.2) is 52.8 Å². The summed E-state index contributed by atoms with van der Waals surface area (Å²) in [6.45, 7) is 2.78. The maximum absolute atomic E-state index is 15.8. The third-order valence-electron chi connectivity index (χ3n) is 10.0. The van der Waals surface area contributed by atoms with Crippen LogP contribution in [0.5, 0.6) is 0 Å². The summed E-state index contributed by atoms with van der Waals surface area (Å²) < 4.78 is 63.8. The molecule has 0 bridgehead atoms. The molecular weight excluding hydrogens is 598 g/mol. The SMILES string of the molecule is CN1CCN(c2cc3c(cc2F)c(=O)c(-c2noc(C4(c5ccccc5)CC4)n2)cn3C2(c3ccc(C(F)(F)F)cc3)CC2)CC1. The van der Waals surface area contributed by atoms with E-state index in [9.17, 15) is 18.0 Å². The number of piperazine rings is 1. The highest BCUT2D eigenvalue weighted by Gasteiger charge is 2.51. The van der Waals surface area contributed by atoms with E-state index >= 15 is 4.39 Å². The van der Waals surface area contributed by atoms with Gasteiger partial charge in [-0.2, -0.15) is 18.2 Å². The predicted octanol–water partition coefficient (Wildman–Crippen LogP) is 6.58. The lowest BCUT2D eigenvalue weighted by molar-refractivity contribution is -0.137. The molecular formula is C35H31F4N5O2. The van der Waals surface area contributed by atoms with Crippen LogP contribution >= 0.6 is 0 Å². The number of halogens is 4. The van der Waals surface area contributed by atoms with Crippen LogP contribution in [0.15, 0.2) is 82.2 Å². The Hall–Kier alpha value is -4.51. The molecule has 3 aromatic carbocycles. The fourth-order valence-electron chi connectivity index (χ4n) is 6.93. The van der Waals surface area contributed by atoms with E-state index in [0.29, 0.717) is 48.6 Å². The summed E-state index contributed by atoms with van der Waals surface area (Å²) in [5.41, 5.74) is 0.476. The first-order chi connectivity index (χ1) is 22.1. The average molecular weight is 630 g/mol. The van der Waals surface area contributed by atoms with E-state index in [1.54, 1.807) is 12.3 Å². The monoisotopic (exact) mass is 629 g/mol. The Kier molecular flexibility index (Phi) is 6.45. The van der Waals surface area contributed by atoms with Gasteiger partial charge in [0.1, 0.15) is 5.82 Å². The molecule has 0 amide bonds. The maximum Gasteiger partial charge on any atom is 0.416 e. The normalized spacial score (nSPS) is 19.0. The van der Waals surface area contributed by atoms with Crippen molar-refractivity contribution < 1.29 is 22.1 Å². The van der Waals surface area contributed by atoms with E-state index in [2.05, 4.69) is 10.1 Å². The van der Waals surface area contributed by atoms with Gasteiger partial charge in [0.2, 0.25) is 17.1 Å². The zero-order valence-corrected chi connectivity index (χ0v) is 25.1. The molecule has 236 valence electrons. The van der Waals surface area contributed by atoms with Crippen LogP contribution in [-0.2, 0) is 17.1 Å². The van der Waals surface area contributed by atoms with Gasteiger partial charge in [0, 0.05) is 37.8 Å². The molecule has 3 fully saturated rings. The second-order valence-corrected chi connectivity index (χ2v) is 12.8. The number of fused-ring (bicyclic) bond motifs is 1. The van der Waals surface area contributed by atoms with Crippen molar-refractivity contribution in [1.82, 2.24) is 19.6 Å². The van der Waals surface area contributed by atoms with E-state index in [-0.39, 0.29) is 16.8 Å². The van der Waals surface area contributed by atoms with Gasteiger partial charge in [-0.3, -0.25) is 4.79 Å². The molecule has 7 nitrogen and oxygen atoms in total. The number of alkyl halides is 3. The standard InChI is InChI=1S/C35H31F4N5O2/c1-42-15-17-43(18-16-42)29-20-28-25(19-27(29)36)30(45)26(31-40-32(46-41-31)33(11-12-33)22-5-3-2-4-6-22)21-44(28)34(13-14-34)23-7-9-24(10-8-23)35(37,38)39/h2-10,19-21H,11-18H2,1H3. The number of pyridine rings is 1. The molecule has 1 saturated heterocycles. The number of rotatable bonds is 6. The molecule has 0 N–H and O–H groups in total. The van der Waals surface area contributed by atoms with Gasteiger partial charge in [-0.05, 0) is 68.1 Å². The molecule has 0 radical (unpaired) electrons. The minimum Gasteiger partial charge on any atom is -0.367 e. The molecule has 2 saturated carbocycles. The lowest BCUT2D eigenvalue weighted by Gasteiger charge is -2.34. The van der Waals surface area contributed by atoms with Crippen molar-refractivity contribution >= 4 is 16.6 Å². The molecule has 3 aliphatic rings. The number of likely N-dealkylation sites (N-methyl/N-ethyl adjacent to an activating group) is 1. The Morgan fingerprint density at radius 1 is 0.870 bits per heavy atom. The molecule has 1 aliphatic heterocycles. The smallest absolute Gasteiger partial charge is 0.367 e. The number of hydrogen-bond donors (Lipinski definition) is 0. The predicted molar refractivity (Wildman–Crippen MR) is 165 cm³/mol. The van der Waals surface area contributed by atoms with Gasteiger partial charge in [0.05, 0.1) is 33.3 Å². The first-order valence-electron chi connectivity index (χ1n) is 15.5. The Balaban J connectivity index is 1.29. The van der Waals surface area contributed by atoms with Gasteiger partial charge < -0.3 is 18.9 Å². The van der Waals surface area contributed by atoms with Crippen LogP contribution in [0.1, 0.15) is 48.3 Å². The van der Waals surface area contributed by atoms with Gasteiger partial charge >= 0.3 is 6.18 Å². The molecule has 2 aromatic heterocycles. The summed E-state index contributed by atoms with van der Waals surface area (Å²) >= 11 is 0. The molecule has 5 aromatic rings. The zero-order chi connectivity index (χ0) is 31.8. The number of anilines is 1. The van der Waals surface area contributed by atoms with E-state index in [1.165, 1.54) is 18.2 Å². The quantitative estimate of drug-likeness (QED) is 0.198. The van der Waals surface area contributed by atoms with Crippen molar-refractivity contribution in [3.05, 3.63) is 112 Å². The van der Waals surface area contributed by atoms with Crippen molar-refractivity contribution in [2.75, 3.05) is 38.1 Å². The van der Waals surface area contributed by atoms with Crippen molar-refractivity contribution in [2.45, 2.75) is 42.8 Å². The van der Waals surface area contributed by atoms with Crippen LogP contribution in [0, 0.1) is 5.82 Å². The summed E-state index contributed by atoms with van der Waals surface area (Å²) in [6, 6.07) is 18.0. The van der Waals surface area contributed by atoms with Crippen LogP contribution < -0.4 is 10.3 Å². The fraction of sp³-hybridized carbons (Fsp3) is 0.343. The third-order valence-corrected chi connectivity index (χ3v) is 10.0. The maximum atomic E-state index is 15.8. The van der Waals surface area contributed by atoms with Crippen molar-refractivity contribution in [1.29, 1.82) is 0 Å². The first kappa shape index (κ1) is 28.9. The van der Waals surface area contributed by atoms with Crippen LogP contribution in [0.4, 0.5) is 23.2 Å². The number of benzene rings is 3. The van der Waals surface area contributed by atoms with Gasteiger partial charge in [-0.1, -0.05) is 47.6 Å². The topological polar surface area (TPSA) is 67.4 Å². The largest absolute Gasteiger partial charge is 0.416 e. The van der Waals surface area contributed by atoms with Crippen molar-refractivity contribution in [2.24, 2.45) is 0 Å². The third kappa shape index (κ3) is 4.62. The molecule has 46 heavy (non-hydrogen) atoms. The second kappa shape index (κ2) is 10.2. The number of aromatic nitrogens is 3. The van der Waals surface area contributed by atoms with E-state index in [1.807, 2.05) is 46.8 Å². The fourth-order valence-corrected chi connectivity index (χ4v) is 6.93. The highest BCUT2D eigenvalue weighted by molar-refractivity contribution is 5.87. The molecule has 2 aliphatic carbocycles. The minimum atomic E-state index is -4.46. The van der Waals surface area contributed by atoms with E-state index in [4.69, 9.17) is 9.51 Å². The average Bonchev–Trinajstić information content (AvgIpc) is 3.99. The van der Waals surface area contributed by atoms with E-state index < -0.39 is 33.9 Å². The van der Waals surface area contributed by atoms with Crippen molar-refractivity contribution in [3.63, 3.8) is 0 Å². The Morgan fingerprint density at radius 2 is 1.57 bits per heavy atom. The molecule has 8 rings (SSSR count). The second-order valence-electron chi connectivity index (χ2n) is 12.8. The Morgan fingerprint density at radius 3 is 2.20 bits per heavy atom. The lowest BCUT2D eigenvalue weighted by atomic mass is 9.96. The molecule has 0 spiro atoms. The number of nitrogens with zero attached hydrogens (tertiary/aromatic N) is 5. The van der Waals surface area contributed by atoms with Crippen LogP contribution in [0.3, 0.4) is 0 Å². The summed E-state index contributed by atoms with van der Waals surface area (Å²) in [5.74, 6) is 0.0110. The van der Waals surface area contributed by atoms with Crippen LogP contribution in [0.25, 0.3) is 22.3 Å². The minimum absolute atomic E-state index is 0.102. The van der Waals surface area contributed by atoms with Crippen molar-refractivity contribution in [3.8, 4) is 11.4 Å². The number of hydrogen-bond acceptors (Lipinski definition) is 6. The Bertz CT molecular complexity index is 2000. The van der Waals surface area contributed by atoms with Crippen LogP contribution in [0.2, 0.25) is 0 Å². The summed E-state index contributed by atoms with van der Waals surface area (Å²) in [5, 5.41) is 4.38. The lowest BCUT2D eigenvalue weighted by Crippen LogP contribution is -2.44. The van der Waals surface area contributed by atoms with E-state index in [0.717, 1.165) is 43.6 Å². The van der Waals surface area contributed by atoms with Gasteiger partial charge in [0.15, 0.2) is 0 Å². The molecule has 0 unspecified atom stereocenters. The molecule has 11 heteroatoms. The Labute approximate surface area is 262 Å². The first-order valence-corrected chi connectivity index (χ1v) is 15.5. The summed E-state index contributed by atoms with van der Waals surface area (Å²) in [7, 11) is 2.02. The van der Waals surface area contributed by atoms with Gasteiger partial charge in [-0.15, -0.1) is 0 Å².